The number of nitriles is 1. The summed E-state index contributed by atoms with van der Waals surface area (Å²) >= 11 is 5.67. The SMILES string of the molecule is N#Cc1cccc(-c2nc(N)nc(Cl)n2)c1. The van der Waals surface area contributed by atoms with Gasteiger partial charge in [-0.05, 0) is 23.7 Å². The third-order valence-corrected chi connectivity index (χ3v) is 2.04. The van der Waals surface area contributed by atoms with Gasteiger partial charge in [-0.1, -0.05) is 12.1 Å². The second-order valence-electron chi connectivity index (χ2n) is 2.98. The van der Waals surface area contributed by atoms with Crippen LogP contribution in [-0.4, -0.2) is 15.0 Å². The molecule has 0 saturated carbocycles. The molecule has 0 aliphatic heterocycles. The zero-order chi connectivity index (χ0) is 11.5. The van der Waals surface area contributed by atoms with Gasteiger partial charge >= 0.3 is 0 Å². The lowest BCUT2D eigenvalue weighted by atomic mass is 10.1. The first-order chi connectivity index (χ1) is 7.69. The Morgan fingerprint density at radius 1 is 1.25 bits per heavy atom. The van der Waals surface area contributed by atoms with Crippen molar-refractivity contribution < 1.29 is 0 Å². The molecule has 6 heteroatoms. The Morgan fingerprint density at radius 2 is 2.06 bits per heavy atom. The average Bonchev–Trinajstić information content (AvgIpc) is 2.28. The van der Waals surface area contributed by atoms with E-state index in [1.165, 1.54) is 0 Å². The van der Waals surface area contributed by atoms with Crippen molar-refractivity contribution >= 4 is 17.5 Å². The molecule has 0 aliphatic rings. The molecule has 0 aliphatic carbocycles. The van der Waals surface area contributed by atoms with Crippen molar-refractivity contribution in [3.63, 3.8) is 0 Å². The highest BCUT2D eigenvalue weighted by Gasteiger charge is 2.05. The van der Waals surface area contributed by atoms with Gasteiger partial charge in [-0.3, -0.25) is 0 Å². The van der Waals surface area contributed by atoms with Crippen LogP contribution >= 0.6 is 11.6 Å². The van der Waals surface area contributed by atoms with Crippen LogP contribution in [0.3, 0.4) is 0 Å². The molecule has 1 aromatic carbocycles. The third kappa shape index (κ3) is 2.07. The Hall–Kier alpha value is -2.19. The van der Waals surface area contributed by atoms with Gasteiger partial charge in [-0.15, -0.1) is 0 Å². The summed E-state index contributed by atoms with van der Waals surface area (Å²) in [5.41, 5.74) is 6.65. The minimum absolute atomic E-state index is 0.0323. The highest BCUT2D eigenvalue weighted by molar-refractivity contribution is 6.28. The zero-order valence-corrected chi connectivity index (χ0v) is 8.81. The van der Waals surface area contributed by atoms with Gasteiger partial charge in [-0.25, -0.2) is 0 Å². The van der Waals surface area contributed by atoms with Crippen molar-refractivity contribution in [1.29, 1.82) is 5.26 Å². The summed E-state index contributed by atoms with van der Waals surface area (Å²) in [5.74, 6) is 0.409. The molecule has 78 valence electrons. The number of anilines is 1. The van der Waals surface area contributed by atoms with Crippen molar-refractivity contribution in [2.24, 2.45) is 0 Å². The number of halogens is 1. The fourth-order valence-corrected chi connectivity index (χ4v) is 1.39. The topological polar surface area (TPSA) is 88.5 Å². The molecule has 1 aromatic heterocycles. The molecule has 0 spiro atoms. The van der Waals surface area contributed by atoms with Gasteiger partial charge in [0.05, 0.1) is 11.6 Å². The van der Waals surface area contributed by atoms with Gasteiger partial charge in [0.25, 0.3) is 0 Å². The van der Waals surface area contributed by atoms with Crippen LogP contribution in [-0.2, 0) is 0 Å². The molecule has 0 amide bonds. The van der Waals surface area contributed by atoms with Gasteiger partial charge in [0.2, 0.25) is 11.2 Å². The number of aromatic nitrogens is 3. The molecular weight excluding hydrogens is 226 g/mol. The zero-order valence-electron chi connectivity index (χ0n) is 8.05. The lowest BCUT2D eigenvalue weighted by Crippen LogP contribution is -1.99. The van der Waals surface area contributed by atoms with Crippen molar-refractivity contribution in [2.45, 2.75) is 0 Å². The highest BCUT2D eigenvalue weighted by atomic mass is 35.5. The Labute approximate surface area is 96.5 Å². The second kappa shape index (κ2) is 4.13. The maximum atomic E-state index is 8.76. The normalized spacial score (nSPS) is 9.75. The summed E-state index contributed by atoms with van der Waals surface area (Å²) in [5, 5.41) is 8.80. The molecule has 0 unspecified atom stereocenters. The molecule has 16 heavy (non-hydrogen) atoms. The summed E-state index contributed by atoms with van der Waals surface area (Å²) in [6, 6.07) is 8.89. The fourth-order valence-electron chi connectivity index (χ4n) is 1.22. The van der Waals surface area contributed by atoms with Gasteiger partial charge in [0.15, 0.2) is 5.82 Å². The molecule has 2 N–H and O–H groups in total. The van der Waals surface area contributed by atoms with Crippen LogP contribution < -0.4 is 5.73 Å². The van der Waals surface area contributed by atoms with E-state index < -0.39 is 0 Å². The lowest BCUT2D eigenvalue weighted by molar-refractivity contribution is 1.07. The molecule has 1 heterocycles. The summed E-state index contributed by atoms with van der Waals surface area (Å²) in [6.07, 6.45) is 0. The van der Waals surface area contributed by atoms with E-state index in [9.17, 15) is 0 Å². The molecule has 0 radical (unpaired) electrons. The smallest absolute Gasteiger partial charge is 0.227 e. The molecule has 5 nitrogen and oxygen atoms in total. The van der Waals surface area contributed by atoms with Gasteiger partial charge < -0.3 is 5.73 Å². The van der Waals surface area contributed by atoms with Crippen LogP contribution in [0, 0.1) is 11.3 Å². The van der Waals surface area contributed by atoms with Crippen molar-refractivity contribution in [3.8, 4) is 17.5 Å². The Bertz CT molecular complexity index is 555. The van der Waals surface area contributed by atoms with Crippen molar-refractivity contribution in [3.05, 3.63) is 35.1 Å². The molecule has 2 aromatic rings. The largest absolute Gasteiger partial charge is 0.368 e. The molecule has 0 fully saturated rings. The highest BCUT2D eigenvalue weighted by Crippen LogP contribution is 2.17. The van der Waals surface area contributed by atoms with E-state index in [4.69, 9.17) is 22.6 Å². The Balaban J connectivity index is 2.54. The average molecular weight is 232 g/mol. The van der Waals surface area contributed by atoms with Crippen molar-refractivity contribution in [1.82, 2.24) is 15.0 Å². The number of hydrogen-bond donors (Lipinski definition) is 1. The molecular formula is C10H6ClN5. The predicted octanol–water partition coefficient (Wildman–Crippen LogP) is 1.65. The summed E-state index contributed by atoms with van der Waals surface area (Å²) in [7, 11) is 0. The van der Waals surface area contributed by atoms with Crippen LogP contribution in [0.2, 0.25) is 5.28 Å². The lowest BCUT2D eigenvalue weighted by Gasteiger charge is -2.01. The van der Waals surface area contributed by atoms with E-state index >= 15 is 0 Å². The second-order valence-corrected chi connectivity index (χ2v) is 3.32. The summed E-state index contributed by atoms with van der Waals surface area (Å²) in [4.78, 5) is 11.5. The van der Waals surface area contributed by atoms with Crippen LogP contribution in [0.25, 0.3) is 11.4 Å². The van der Waals surface area contributed by atoms with Crippen LogP contribution in [0.1, 0.15) is 5.56 Å². The Morgan fingerprint density at radius 3 is 2.75 bits per heavy atom. The number of rotatable bonds is 1. The van der Waals surface area contributed by atoms with E-state index in [1.807, 2.05) is 6.07 Å². The first kappa shape index (κ1) is 10.3. The van der Waals surface area contributed by atoms with Crippen molar-refractivity contribution in [2.75, 3.05) is 5.73 Å². The van der Waals surface area contributed by atoms with E-state index in [0.29, 0.717) is 17.0 Å². The van der Waals surface area contributed by atoms with Gasteiger partial charge in [0.1, 0.15) is 0 Å². The van der Waals surface area contributed by atoms with Crippen LogP contribution in [0.15, 0.2) is 24.3 Å². The maximum absolute atomic E-state index is 8.76. The fraction of sp³-hybridized carbons (Fsp3) is 0. The number of benzene rings is 1. The van der Waals surface area contributed by atoms with E-state index in [2.05, 4.69) is 15.0 Å². The molecule has 2 rings (SSSR count). The number of nitrogens with zero attached hydrogens (tertiary/aromatic N) is 4. The van der Waals surface area contributed by atoms with Gasteiger partial charge in [0, 0.05) is 5.56 Å². The van der Waals surface area contributed by atoms with Crippen LogP contribution in [0.5, 0.6) is 0 Å². The molecule has 0 atom stereocenters. The molecule has 0 saturated heterocycles. The minimum Gasteiger partial charge on any atom is -0.368 e. The summed E-state index contributed by atoms with van der Waals surface area (Å²) < 4.78 is 0. The van der Waals surface area contributed by atoms with Crippen LogP contribution in [0.4, 0.5) is 5.95 Å². The number of nitrogen functional groups attached to an aromatic ring is 1. The Kier molecular flexibility index (Phi) is 2.66. The van der Waals surface area contributed by atoms with Gasteiger partial charge in [-0.2, -0.15) is 20.2 Å². The number of nitrogens with two attached hydrogens (primary N) is 1. The quantitative estimate of drug-likeness (QED) is 0.806. The summed E-state index contributed by atoms with van der Waals surface area (Å²) in [6.45, 7) is 0. The first-order valence-electron chi connectivity index (χ1n) is 4.36. The predicted molar refractivity (Wildman–Crippen MR) is 59.4 cm³/mol. The maximum Gasteiger partial charge on any atom is 0.227 e. The first-order valence-corrected chi connectivity index (χ1v) is 4.74. The van der Waals surface area contributed by atoms with E-state index in [-0.39, 0.29) is 11.2 Å². The van der Waals surface area contributed by atoms with E-state index in [0.717, 1.165) is 0 Å². The number of hydrogen-bond acceptors (Lipinski definition) is 5. The minimum atomic E-state index is 0.0323. The molecule has 0 bridgehead atoms. The third-order valence-electron chi connectivity index (χ3n) is 1.88. The monoisotopic (exact) mass is 231 g/mol. The van der Waals surface area contributed by atoms with E-state index in [1.54, 1.807) is 24.3 Å². The standard InChI is InChI=1S/C10H6ClN5/c11-9-14-8(15-10(13)16-9)7-3-1-2-6(4-7)5-12/h1-4H,(H2,13,14,15,16).